The quantitative estimate of drug-likeness (QED) is 0.358. The summed E-state index contributed by atoms with van der Waals surface area (Å²) in [7, 11) is 0. The summed E-state index contributed by atoms with van der Waals surface area (Å²) in [4.78, 5) is 13.4. The number of nitrogens with two attached hydrogens (primary N) is 1. The molecule has 1 amide bonds. The summed E-state index contributed by atoms with van der Waals surface area (Å²) in [5.41, 5.74) is 7.18. The Morgan fingerprint density at radius 2 is 1.43 bits per heavy atom. The summed E-state index contributed by atoms with van der Waals surface area (Å²) in [6.07, 6.45) is 4.71. The third-order valence-corrected chi connectivity index (χ3v) is 8.86. The van der Waals surface area contributed by atoms with Gasteiger partial charge in [-0.3, -0.25) is 4.79 Å². The molecule has 1 unspecified atom stereocenters. The summed E-state index contributed by atoms with van der Waals surface area (Å²) in [6.45, 7) is 4.51. The van der Waals surface area contributed by atoms with Gasteiger partial charge in [0.05, 0.1) is 11.0 Å². The Morgan fingerprint density at radius 3 is 1.86 bits per heavy atom. The smallest absolute Gasteiger partial charge is 0.232 e. The normalized spacial score (nSPS) is 22.3. The molecule has 1 aliphatic rings. The lowest BCUT2D eigenvalue weighted by molar-refractivity contribution is -0.124. The van der Waals surface area contributed by atoms with E-state index in [9.17, 15) is 9.90 Å². The van der Waals surface area contributed by atoms with E-state index >= 15 is 0 Å². The third kappa shape index (κ3) is 4.90. The summed E-state index contributed by atoms with van der Waals surface area (Å²) in [6, 6.07) is 27.5. The van der Waals surface area contributed by atoms with E-state index in [2.05, 4.69) is 13.8 Å². The number of carbonyl (C=O) groups excluding carboxylic acids is 1. The van der Waals surface area contributed by atoms with E-state index in [0.717, 1.165) is 36.0 Å². The van der Waals surface area contributed by atoms with Crippen LogP contribution in [-0.4, -0.2) is 11.0 Å². The van der Waals surface area contributed by atoms with Crippen LogP contribution in [0.2, 0.25) is 5.02 Å². The first-order valence-electron chi connectivity index (χ1n) is 12.6. The fourth-order valence-corrected chi connectivity index (χ4v) is 6.32. The average Bonchev–Trinajstić information content (AvgIpc) is 2.88. The number of hydrogen-bond acceptors (Lipinski definition) is 2. The van der Waals surface area contributed by atoms with Gasteiger partial charge in [-0.05, 0) is 72.3 Å². The molecule has 0 heterocycles. The second kappa shape index (κ2) is 10.2. The monoisotopic (exact) mass is 489 g/mol. The van der Waals surface area contributed by atoms with Gasteiger partial charge in [0.15, 0.2) is 0 Å². The molecule has 0 saturated heterocycles. The fraction of sp³-hybridized carbons (Fsp3) is 0.387. The van der Waals surface area contributed by atoms with Crippen molar-refractivity contribution in [3.05, 3.63) is 107 Å². The van der Waals surface area contributed by atoms with Gasteiger partial charge in [-0.25, -0.2) is 0 Å². The van der Waals surface area contributed by atoms with Crippen LogP contribution in [0.3, 0.4) is 0 Å². The number of benzene rings is 3. The molecule has 1 aliphatic carbocycles. The molecular formula is C31H36ClNO2. The zero-order valence-corrected chi connectivity index (χ0v) is 21.5. The third-order valence-electron chi connectivity index (χ3n) is 8.61. The first kappa shape index (κ1) is 25.5. The Kier molecular flexibility index (Phi) is 7.40. The van der Waals surface area contributed by atoms with Crippen molar-refractivity contribution in [2.75, 3.05) is 0 Å². The maximum Gasteiger partial charge on any atom is 0.232 e. The van der Waals surface area contributed by atoms with E-state index in [4.69, 9.17) is 17.3 Å². The number of carbonyl (C=O) groups is 1. The summed E-state index contributed by atoms with van der Waals surface area (Å²) < 4.78 is 0. The van der Waals surface area contributed by atoms with Crippen molar-refractivity contribution in [1.29, 1.82) is 0 Å². The maximum atomic E-state index is 13.4. The van der Waals surface area contributed by atoms with E-state index in [1.54, 1.807) is 0 Å². The first-order chi connectivity index (χ1) is 16.7. The Balaban J connectivity index is 1.67. The van der Waals surface area contributed by atoms with Gasteiger partial charge < -0.3 is 10.8 Å². The fourth-order valence-electron chi connectivity index (χ4n) is 6.19. The zero-order chi connectivity index (χ0) is 25.1. The topological polar surface area (TPSA) is 63.3 Å². The Hall–Kier alpha value is -2.62. The number of amides is 1. The van der Waals surface area contributed by atoms with Gasteiger partial charge in [0, 0.05) is 5.02 Å². The van der Waals surface area contributed by atoms with Crippen molar-refractivity contribution < 1.29 is 9.90 Å². The number of rotatable bonds is 8. The Labute approximate surface area is 214 Å². The maximum absolute atomic E-state index is 13.4. The Morgan fingerprint density at radius 1 is 0.943 bits per heavy atom. The van der Waals surface area contributed by atoms with Crippen LogP contribution in [0.5, 0.6) is 0 Å². The molecule has 1 atom stereocenters. The molecule has 0 aliphatic heterocycles. The number of halogens is 1. The van der Waals surface area contributed by atoms with Gasteiger partial charge in [-0.15, -0.1) is 0 Å². The molecule has 3 aromatic carbocycles. The highest BCUT2D eigenvalue weighted by atomic mass is 35.5. The zero-order valence-electron chi connectivity index (χ0n) is 20.7. The van der Waals surface area contributed by atoms with Crippen LogP contribution in [0.15, 0.2) is 84.9 Å². The van der Waals surface area contributed by atoms with Gasteiger partial charge in [0.1, 0.15) is 0 Å². The van der Waals surface area contributed by atoms with Crippen molar-refractivity contribution in [3.8, 4) is 0 Å². The van der Waals surface area contributed by atoms with E-state index in [1.807, 2.05) is 84.9 Å². The van der Waals surface area contributed by atoms with E-state index in [0.29, 0.717) is 30.2 Å². The Bertz CT molecular complexity index is 1080. The van der Waals surface area contributed by atoms with Gasteiger partial charge in [0.25, 0.3) is 0 Å². The molecule has 4 rings (SSSR count). The molecule has 184 valence electrons. The number of primary amides is 1. The van der Waals surface area contributed by atoms with Crippen molar-refractivity contribution in [3.63, 3.8) is 0 Å². The standard InChI is InChI=1S/C31H36ClNO2/c1-3-29(2,23-18-20-30(35,21-19-23)24-14-16-27(32)17-15-24)22-31(28(33)34,25-10-6-4-7-11-25)26-12-8-5-9-13-26/h4-17,23,35H,3,18-22H2,1-2H3,(H2,33,34). The summed E-state index contributed by atoms with van der Waals surface area (Å²) >= 11 is 6.07. The van der Waals surface area contributed by atoms with Crippen LogP contribution in [0.25, 0.3) is 0 Å². The van der Waals surface area contributed by atoms with Gasteiger partial charge >= 0.3 is 0 Å². The van der Waals surface area contributed by atoms with Crippen molar-refractivity contribution in [2.45, 2.75) is 63.4 Å². The molecule has 0 aromatic heterocycles. The molecule has 1 fully saturated rings. The lowest BCUT2D eigenvalue weighted by Crippen LogP contribution is -2.48. The van der Waals surface area contributed by atoms with Crippen molar-refractivity contribution in [2.24, 2.45) is 17.1 Å². The lowest BCUT2D eigenvalue weighted by Gasteiger charge is -2.48. The predicted molar refractivity (Wildman–Crippen MR) is 143 cm³/mol. The van der Waals surface area contributed by atoms with Crippen molar-refractivity contribution >= 4 is 17.5 Å². The van der Waals surface area contributed by atoms with Gasteiger partial charge in [-0.2, -0.15) is 0 Å². The highest BCUT2D eigenvalue weighted by Crippen LogP contribution is 2.53. The van der Waals surface area contributed by atoms with Crippen LogP contribution in [0.4, 0.5) is 0 Å². The van der Waals surface area contributed by atoms with E-state index in [1.165, 1.54) is 0 Å². The minimum Gasteiger partial charge on any atom is -0.385 e. The first-order valence-corrected chi connectivity index (χ1v) is 13.0. The average molecular weight is 490 g/mol. The highest BCUT2D eigenvalue weighted by molar-refractivity contribution is 6.30. The second-order valence-electron chi connectivity index (χ2n) is 10.5. The summed E-state index contributed by atoms with van der Waals surface area (Å²) in [5.74, 6) is 0.0503. The molecule has 0 spiro atoms. The molecule has 1 saturated carbocycles. The molecule has 3 nitrogen and oxygen atoms in total. The number of aliphatic hydroxyl groups is 1. The van der Waals surface area contributed by atoms with Crippen LogP contribution in [0, 0.1) is 11.3 Å². The molecular weight excluding hydrogens is 454 g/mol. The van der Waals surface area contributed by atoms with Gasteiger partial charge in [0.2, 0.25) is 5.91 Å². The molecule has 3 aromatic rings. The van der Waals surface area contributed by atoms with E-state index < -0.39 is 11.0 Å². The summed E-state index contributed by atoms with van der Waals surface area (Å²) in [5, 5.41) is 12.1. The van der Waals surface area contributed by atoms with Crippen LogP contribution >= 0.6 is 11.6 Å². The minimum absolute atomic E-state index is 0.137. The SMILES string of the molecule is CCC(C)(CC(C(N)=O)(c1ccccc1)c1ccccc1)C1CCC(O)(c2ccc(Cl)cc2)CC1. The van der Waals surface area contributed by atoms with Crippen LogP contribution < -0.4 is 5.73 Å². The number of hydrogen-bond donors (Lipinski definition) is 2. The van der Waals surface area contributed by atoms with Crippen molar-refractivity contribution in [1.82, 2.24) is 0 Å². The van der Waals surface area contributed by atoms with E-state index in [-0.39, 0.29) is 11.3 Å². The molecule has 0 radical (unpaired) electrons. The molecule has 35 heavy (non-hydrogen) atoms. The largest absolute Gasteiger partial charge is 0.385 e. The lowest BCUT2D eigenvalue weighted by atomic mass is 9.56. The molecule has 0 bridgehead atoms. The highest BCUT2D eigenvalue weighted by Gasteiger charge is 2.49. The second-order valence-corrected chi connectivity index (χ2v) is 10.9. The molecule has 4 heteroatoms. The van der Waals surface area contributed by atoms with Crippen LogP contribution in [0.1, 0.15) is 69.1 Å². The van der Waals surface area contributed by atoms with Gasteiger partial charge in [-0.1, -0.05) is 105 Å². The van der Waals surface area contributed by atoms with Crippen LogP contribution in [-0.2, 0) is 15.8 Å². The minimum atomic E-state index is -0.919. The predicted octanol–water partition coefficient (Wildman–Crippen LogP) is 7.00. The molecule has 3 N–H and O–H groups in total.